The summed E-state index contributed by atoms with van der Waals surface area (Å²) in [6.07, 6.45) is 9.42. The van der Waals surface area contributed by atoms with Gasteiger partial charge in [-0.2, -0.15) is 0 Å². The van der Waals surface area contributed by atoms with Crippen molar-refractivity contribution < 1.29 is 13.2 Å². The Bertz CT molecular complexity index is 1220. The fourth-order valence-corrected chi connectivity index (χ4v) is 6.86. The first-order valence-electron chi connectivity index (χ1n) is 11.7. The minimum atomic E-state index is -3.65. The van der Waals surface area contributed by atoms with Crippen LogP contribution in [0.3, 0.4) is 0 Å². The molecule has 0 aliphatic heterocycles. The number of hydrogen-bond donors (Lipinski definition) is 2. The number of amides is 1. The number of nitrogens with one attached hydrogen (secondary N) is 2. The Hall–Kier alpha value is -2.62. The fraction of sp³-hybridized carbons (Fsp3) is 0.400. The Morgan fingerprint density at radius 1 is 1.06 bits per heavy atom. The van der Waals surface area contributed by atoms with E-state index in [-0.39, 0.29) is 23.3 Å². The van der Waals surface area contributed by atoms with Crippen molar-refractivity contribution in [2.24, 2.45) is 11.8 Å². The van der Waals surface area contributed by atoms with Gasteiger partial charge in [-0.05, 0) is 48.1 Å². The van der Waals surface area contributed by atoms with E-state index in [1.807, 2.05) is 35.7 Å². The second-order valence-corrected chi connectivity index (χ2v) is 11.8. The molecule has 2 fully saturated rings. The number of rotatable bonds is 9. The monoisotopic (exact) mass is 496 g/mol. The Labute approximate surface area is 204 Å². The molecule has 178 valence electrons. The minimum absolute atomic E-state index is 0.0385. The molecular formula is C25H28N4O3S2. The van der Waals surface area contributed by atoms with E-state index in [2.05, 4.69) is 20.0 Å². The van der Waals surface area contributed by atoms with Crippen molar-refractivity contribution in [3.63, 3.8) is 0 Å². The third-order valence-electron chi connectivity index (χ3n) is 7.12. The van der Waals surface area contributed by atoms with Gasteiger partial charge >= 0.3 is 0 Å². The minimum Gasteiger partial charge on any atom is -0.301 e. The molecule has 5 rings (SSSR count). The molecule has 2 saturated carbocycles. The topological polar surface area (TPSA) is 101 Å². The van der Waals surface area contributed by atoms with Gasteiger partial charge in [0.25, 0.3) is 0 Å². The zero-order valence-electron chi connectivity index (χ0n) is 18.8. The van der Waals surface area contributed by atoms with Crippen LogP contribution >= 0.6 is 11.3 Å². The van der Waals surface area contributed by atoms with Crippen molar-refractivity contribution in [2.45, 2.75) is 48.8 Å². The van der Waals surface area contributed by atoms with Crippen molar-refractivity contribution in [2.75, 3.05) is 11.9 Å². The lowest BCUT2D eigenvalue weighted by Gasteiger charge is -2.20. The van der Waals surface area contributed by atoms with E-state index in [9.17, 15) is 13.2 Å². The van der Waals surface area contributed by atoms with Gasteiger partial charge in [0.1, 0.15) is 0 Å². The number of thiazole rings is 1. The Morgan fingerprint density at radius 2 is 1.85 bits per heavy atom. The number of anilines is 1. The molecule has 0 saturated heterocycles. The van der Waals surface area contributed by atoms with E-state index in [0.29, 0.717) is 17.5 Å². The van der Waals surface area contributed by atoms with Crippen LogP contribution in [0.4, 0.5) is 5.13 Å². The summed E-state index contributed by atoms with van der Waals surface area (Å²) in [5, 5.41) is 5.43. The van der Waals surface area contributed by atoms with Crippen molar-refractivity contribution >= 4 is 32.4 Å². The molecule has 2 aromatic heterocycles. The standard InChI is InChI=1S/C25H28N4O3S2/c30-23(29-24-27-15-16-33-24)25(17-22(25)18-5-1-2-6-18)19-8-10-21(11-9-19)34(31,32)28-14-12-20-7-3-4-13-26-20/h3-4,7-11,13,15-16,18,22,28H,1-2,5-6,12,14,17H2,(H,27,29,30)/t22-,25-/m1/s1. The van der Waals surface area contributed by atoms with Crippen LogP contribution in [0.1, 0.15) is 43.4 Å². The van der Waals surface area contributed by atoms with Crippen LogP contribution in [0.2, 0.25) is 0 Å². The maximum atomic E-state index is 13.4. The SMILES string of the molecule is O=C(Nc1nccs1)[C@@]1(c2ccc(S(=O)(=O)NCCc3ccccn3)cc2)C[C@@H]1C1CCCC1. The number of sulfonamides is 1. The summed E-state index contributed by atoms with van der Waals surface area (Å²) in [5.74, 6) is 0.788. The molecule has 0 radical (unpaired) electrons. The van der Waals surface area contributed by atoms with Gasteiger partial charge in [0, 0.05) is 36.4 Å². The molecule has 2 aliphatic carbocycles. The van der Waals surface area contributed by atoms with Crippen molar-refractivity contribution in [1.82, 2.24) is 14.7 Å². The second-order valence-electron chi connectivity index (χ2n) is 9.11. The van der Waals surface area contributed by atoms with E-state index >= 15 is 0 Å². The summed E-state index contributed by atoms with van der Waals surface area (Å²) in [7, 11) is -3.65. The van der Waals surface area contributed by atoms with Crippen LogP contribution in [0, 0.1) is 11.8 Å². The molecule has 2 aliphatic rings. The van der Waals surface area contributed by atoms with Crippen LogP contribution in [0.5, 0.6) is 0 Å². The lowest BCUT2D eigenvalue weighted by atomic mass is 9.87. The summed E-state index contributed by atoms with van der Waals surface area (Å²) in [6.45, 7) is 0.269. The molecule has 0 unspecified atom stereocenters. The first kappa shape index (κ1) is 23.1. The predicted octanol–water partition coefficient (Wildman–Crippen LogP) is 4.15. The number of nitrogens with zero attached hydrogens (tertiary/aromatic N) is 2. The molecule has 1 aromatic carbocycles. The zero-order chi connectivity index (χ0) is 23.6. The summed E-state index contributed by atoms with van der Waals surface area (Å²) in [5.41, 5.74) is 1.10. The average molecular weight is 497 g/mol. The van der Waals surface area contributed by atoms with Gasteiger partial charge in [-0.1, -0.05) is 43.9 Å². The van der Waals surface area contributed by atoms with Gasteiger partial charge in [-0.25, -0.2) is 18.1 Å². The van der Waals surface area contributed by atoms with Crippen LogP contribution in [0.25, 0.3) is 0 Å². The summed E-state index contributed by atoms with van der Waals surface area (Å²) < 4.78 is 28.3. The van der Waals surface area contributed by atoms with Gasteiger partial charge in [-0.15, -0.1) is 11.3 Å². The molecule has 2 atom stereocenters. The van der Waals surface area contributed by atoms with Crippen molar-refractivity contribution in [3.05, 3.63) is 71.5 Å². The highest BCUT2D eigenvalue weighted by atomic mass is 32.2. The normalized spacial score (nSPS) is 22.5. The van der Waals surface area contributed by atoms with Gasteiger partial charge < -0.3 is 5.32 Å². The van der Waals surface area contributed by atoms with E-state index in [0.717, 1.165) is 30.5 Å². The first-order valence-corrected chi connectivity index (χ1v) is 14.1. The van der Waals surface area contributed by atoms with Gasteiger partial charge in [-0.3, -0.25) is 9.78 Å². The van der Waals surface area contributed by atoms with Crippen LogP contribution in [-0.4, -0.2) is 30.8 Å². The zero-order valence-corrected chi connectivity index (χ0v) is 20.4. The summed E-state index contributed by atoms with van der Waals surface area (Å²) >= 11 is 1.40. The van der Waals surface area contributed by atoms with Crippen molar-refractivity contribution in [1.29, 1.82) is 0 Å². The predicted molar refractivity (Wildman–Crippen MR) is 132 cm³/mol. The molecule has 2 heterocycles. The maximum Gasteiger partial charge on any atom is 0.240 e. The average Bonchev–Trinajstić information content (AvgIpc) is 3.18. The number of carbonyl (C=O) groups excluding carboxylic acids is 1. The van der Waals surface area contributed by atoms with E-state index < -0.39 is 15.4 Å². The Morgan fingerprint density at radius 3 is 2.53 bits per heavy atom. The fourth-order valence-electron chi connectivity index (χ4n) is 5.31. The second kappa shape index (κ2) is 9.56. The third-order valence-corrected chi connectivity index (χ3v) is 9.29. The van der Waals surface area contributed by atoms with Crippen molar-refractivity contribution in [3.8, 4) is 0 Å². The lowest BCUT2D eigenvalue weighted by Crippen LogP contribution is -2.31. The quantitative estimate of drug-likeness (QED) is 0.464. The number of aromatic nitrogens is 2. The van der Waals surface area contributed by atoms with Gasteiger partial charge in [0.05, 0.1) is 10.3 Å². The molecule has 0 bridgehead atoms. The third kappa shape index (κ3) is 4.64. The van der Waals surface area contributed by atoms with Crippen LogP contribution in [-0.2, 0) is 26.7 Å². The Balaban J connectivity index is 1.32. The molecule has 2 N–H and O–H groups in total. The van der Waals surface area contributed by atoms with E-state index in [1.165, 1.54) is 24.2 Å². The molecule has 7 nitrogen and oxygen atoms in total. The molecule has 3 aromatic rings. The lowest BCUT2D eigenvalue weighted by molar-refractivity contribution is -0.119. The highest BCUT2D eigenvalue weighted by molar-refractivity contribution is 7.89. The molecule has 34 heavy (non-hydrogen) atoms. The summed E-state index contributed by atoms with van der Waals surface area (Å²) in [6, 6.07) is 12.4. The van der Waals surface area contributed by atoms with Gasteiger partial charge in [0.2, 0.25) is 15.9 Å². The van der Waals surface area contributed by atoms with Crippen LogP contribution < -0.4 is 10.0 Å². The van der Waals surface area contributed by atoms with Gasteiger partial charge in [0.15, 0.2) is 5.13 Å². The molecule has 1 amide bonds. The molecule has 9 heteroatoms. The maximum absolute atomic E-state index is 13.4. The summed E-state index contributed by atoms with van der Waals surface area (Å²) in [4.78, 5) is 22.1. The largest absolute Gasteiger partial charge is 0.301 e. The highest BCUT2D eigenvalue weighted by Crippen LogP contribution is 2.61. The first-order chi connectivity index (χ1) is 16.5. The van der Waals surface area contributed by atoms with E-state index in [4.69, 9.17) is 0 Å². The highest BCUT2D eigenvalue weighted by Gasteiger charge is 2.63. The van der Waals surface area contributed by atoms with E-state index in [1.54, 1.807) is 24.5 Å². The number of carbonyl (C=O) groups is 1. The van der Waals surface area contributed by atoms with Crippen LogP contribution in [0.15, 0.2) is 65.1 Å². The Kier molecular flexibility index (Phi) is 6.50. The smallest absolute Gasteiger partial charge is 0.240 e. The number of hydrogen-bond acceptors (Lipinski definition) is 6. The number of pyridine rings is 1. The molecular weight excluding hydrogens is 468 g/mol. The molecule has 0 spiro atoms. The number of benzene rings is 1.